The predicted octanol–water partition coefficient (Wildman–Crippen LogP) is 2.84. The number of hydrogen-bond donors (Lipinski definition) is 1. The second-order valence-corrected chi connectivity index (χ2v) is 8.82. The molecule has 1 aliphatic carbocycles. The standard InChI is InChI=1S/C18H26N2O3S/c1-4-12(2)19-24(22,23)16-8-9-17-15(11-16)10-13(3)20(17)18(21)14-6-5-7-14/h8-9,11-14,19H,4-7,10H2,1-3H3/t12-,13+/m1/s1. The molecule has 1 aliphatic heterocycles. The Morgan fingerprint density at radius 1 is 1.38 bits per heavy atom. The topological polar surface area (TPSA) is 66.5 Å². The van der Waals surface area contributed by atoms with Gasteiger partial charge in [-0.05, 0) is 63.3 Å². The largest absolute Gasteiger partial charge is 0.309 e. The summed E-state index contributed by atoms with van der Waals surface area (Å²) in [5.41, 5.74) is 1.82. The van der Waals surface area contributed by atoms with E-state index in [2.05, 4.69) is 4.72 Å². The molecule has 3 rings (SSSR count). The lowest BCUT2D eigenvalue weighted by Gasteiger charge is -2.32. The van der Waals surface area contributed by atoms with Crippen LogP contribution in [0.5, 0.6) is 0 Å². The summed E-state index contributed by atoms with van der Waals surface area (Å²) >= 11 is 0. The summed E-state index contributed by atoms with van der Waals surface area (Å²) in [6, 6.07) is 5.13. The van der Waals surface area contributed by atoms with Crippen LogP contribution in [-0.2, 0) is 21.2 Å². The van der Waals surface area contributed by atoms with E-state index in [-0.39, 0.29) is 28.8 Å². The summed E-state index contributed by atoms with van der Waals surface area (Å²) in [4.78, 5) is 14.8. The van der Waals surface area contributed by atoms with Gasteiger partial charge < -0.3 is 4.90 Å². The summed E-state index contributed by atoms with van der Waals surface area (Å²) in [5, 5.41) is 0. The first-order valence-corrected chi connectivity index (χ1v) is 10.3. The van der Waals surface area contributed by atoms with Gasteiger partial charge in [0.25, 0.3) is 0 Å². The van der Waals surface area contributed by atoms with Crippen LogP contribution in [-0.4, -0.2) is 26.4 Å². The van der Waals surface area contributed by atoms with E-state index in [1.807, 2.05) is 25.7 Å². The normalized spacial score (nSPS) is 22.1. The first kappa shape index (κ1) is 17.4. The number of benzene rings is 1. The molecule has 1 fully saturated rings. The van der Waals surface area contributed by atoms with E-state index in [9.17, 15) is 13.2 Å². The molecule has 0 radical (unpaired) electrons. The van der Waals surface area contributed by atoms with Crippen LogP contribution in [0.25, 0.3) is 0 Å². The average Bonchev–Trinajstić information content (AvgIpc) is 2.79. The third kappa shape index (κ3) is 3.09. The van der Waals surface area contributed by atoms with Crippen molar-refractivity contribution in [2.24, 2.45) is 5.92 Å². The Kier molecular flexibility index (Phi) is 4.71. The van der Waals surface area contributed by atoms with E-state index >= 15 is 0 Å². The third-order valence-electron chi connectivity index (χ3n) is 5.24. The Bertz CT molecular complexity index is 741. The highest BCUT2D eigenvalue weighted by molar-refractivity contribution is 7.89. The van der Waals surface area contributed by atoms with Gasteiger partial charge in [0, 0.05) is 23.7 Å². The van der Waals surface area contributed by atoms with Crippen LogP contribution < -0.4 is 9.62 Å². The number of amides is 1. The number of rotatable bonds is 5. The van der Waals surface area contributed by atoms with Crippen molar-refractivity contribution in [3.63, 3.8) is 0 Å². The third-order valence-corrected chi connectivity index (χ3v) is 6.82. The average molecular weight is 350 g/mol. The minimum absolute atomic E-state index is 0.0913. The summed E-state index contributed by atoms with van der Waals surface area (Å²) in [5.74, 6) is 0.342. The molecule has 2 aliphatic rings. The zero-order chi connectivity index (χ0) is 17.5. The van der Waals surface area contributed by atoms with Gasteiger partial charge in [-0.1, -0.05) is 13.3 Å². The minimum Gasteiger partial charge on any atom is -0.309 e. The van der Waals surface area contributed by atoms with Crippen molar-refractivity contribution < 1.29 is 13.2 Å². The van der Waals surface area contributed by atoms with Crippen LogP contribution in [0.3, 0.4) is 0 Å². The fourth-order valence-electron chi connectivity index (χ4n) is 3.38. The molecule has 1 aromatic rings. The molecule has 6 heteroatoms. The van der Waals surface area contributed by atoms with E-state index in [0.717, 1.165) is 36.9 Å². The van der Waals surface area contributed by atoms with E-state index in [0.29, 0.717) is 6.42 Å². The maximum Gasteiger partial charge on any atom is 0.240 e. The Morgan fingerprint density at radius 2 is 2.08 bits per heavy atom. The maximum atomic E-state index is 12.7. The number of carbonyl (C=O) groups is 1. The highest BCUT2D eigenvalue weighted by Crippen LogP contribution is 2.38. The number of nitrogens with one attached hydrogen (secondary N) is 1. The van der Waals surface area contributed by atoms with Gasteiger partial charge in [0.1, 0.15) is 0 Å². The molecular weight excluding hydrogens is 324 g/mol. The van der Waals surface area contributed by atoms with Crippen molar-refractivity contribution in [1.82, 2.24) is 4.72 Å². The van der Waals surface area contributed by atoms with Crippen molar-refractivity contribution in [3.05, 3.63) is 23.8 Å². The Labute approximate surface area is 144 Å². The first-order chi connectivity index (χ1) is 11.3. The van der Waals surface area contributed by atoms with Crippen LogP contribution in [0.4, 0.5) is 5.69 Å². The number of nitrogens with zero attached hydrogens (tertiary/aromatic N) is 1. The van der Waals surface area contributed by atoms with Crippen molar-refractivity contribution >= 4 is 21.6 Å². The molecule has 0 unspecified atom stereocenters. The van der Waals surface area contributed by atoms with E-state index in [1.54, 1.807) is 18.2 Å². The number of hydrogen-bond acceptors (Lipinski definition) is 3. The molecule has 5 nitrogen and oxygen atoms in total. The lowest BCUT2D eigenvalue weighted by molar-refractivity contribution is -0.125. The molecule has 0 aromatic heterocycles. The Balaban J connectivity index is 1.87. The predicted molar refractivity (Wildman–Crippen MR) is 94.5 cm³/mol. The Morgan fingerprint density at radius 3 is 2.67 bits per heavy atom. The van der Waals surface area contributed by atoms with Crippen molar-refractivity contribution in [2.75, 3.05) is 4.90 Å². The van der Waals surface area contributed by atoms with Crippen LogP contribution in [0, 0.1) is 5.92 Å². The van der Waals surface area contributed by atoms with Gasteiger partial charge in [-0.15, -0.1) is 0 Å². The first-order valence-electron chi connectivity index (χ1n) is 8.81. The van der Waals surface area contributed by atoms with Crippen LogP contribution in [0.15, 0.2) is 23.1 Å². The molecule has 24 heavy (non-hydrogen) atoms. The number of sulfonamides is 1. The SMILES string of the molecule is CC[C@@H](C)NS(=O)(=O)c1ccc2c(c1)C[C@H](C)N2C(=O)C1CCC1. The fourth-order valence-corrected chi connectivity index (χ4v) is 4.76. The molecular formula is C18H26N2O3S. The van der Waals surface area contributed by atoms with Crippen molar-refractivity contribution in [1.29, 1.82) is 0 Å². The molecule has 0 saturated heterocycles. The zero-order valence-electron chi connectivity index (χ0n) is 14.6. The van der Waals surface area contributed by atoms with Crippen molar-refractivity contribution in [2.45, 2.75) is 69.9 Å². The molecule has 2 atom stereocenters. The molecule has 132 valence electrons. The summed E-state index contributed by atoms with van der Waals surface area (Å²) in [6.07, 6.45) is 4.53. The lowest BCUT2D eigenvalue weighted by atomic mass is 9.84. The number of carbonyl (C=O) groups excluding carboxylic acids is 1. The number of fused-ring (bicyclic) bond motifs is 1. The highest BCUT2D eigenvalue weighted by Gasteiger charge is 2.37. The molecule has 0 bridgehead atoms. The van der Waals surface area contributed by atoms with Gasteiger partial charge >= 0.3 is 0 Å². The summed E-state index contributed by atoms with van der Waals surface area (Å²) < 4.78 is 27.6. The van der Waals surface area contributed by atoms with Crippen LogP contribution in [0.1, 0.15) is 52.0 Å². The van der Waals surface area contributed by atoms with Gasteiger partial charge in [-0.25, -0.2) is 13.1 Å². The fraction of sp³-hybridized carbons (Fsp3) is 0.611. The quantitative estimate of drug-likeness (QED) is 0.888. The molecule has 1 N–H and O–H groups in total. The van der Waals surface area contributed by atoms with Crippen LogP contribution >= 0.6 is 0 Å². The van der Waals surface area contributed by atoms with Gasteiger partial charge in [0.15, 0.2) is 0 Å². The van der Waals surface area contributed by atoms with E-state index < -0.39 is 10.0 Å². The molecule has 1 aromatic carbocycles. The smallest absolute Gasteiger partial charge is 0.240 e. The summed E-state index contributed by atoms with van der Waals surface area (Å²) in [6.45, 7) is 5.83. The monoisotopic (exact) mass is 350 g/mol. The highest BCUT2D eigenvalue weighted by atomic mass is 32.2. The van der Waals surface area contributed by atoms with Gasteiger partial charge in [0.05, 0.1) is 4.90 Å². The zero-order valence-corrected chi connectivity index (χ0v) is 15.4. The van der Waals surface area contributed by atoms with Gasteiger partial charge in [0.2, 0.25) is 15.9 Å². The van der Waals surface area contributed by atoms with Crippen LogP contribution in [0.2, 0.25) is 0 Å². The second kappa shape index (κ2) is 6.48. The number of anilines is 1. The molecule has 1 heterocycles. The van der Waals surface area contributed by atoms with E-state index in [1.165, 1.54) is 0 Å². The van der Waals surface area contributed by atoms with Gasteiger partial charge in [-0.2, -0.15) is 0 Å². The van der Waals surface area contributed by atoms with Crippen molar-refractivity contribution in [3.8, 4) is 0 Å². The molecule has 1 saturated carbocycles. The maximum absolute atomic E-state index is 12.7. The molecule has 1 amide bonds. The second-order valence-electron chi connectivity index (χ2n) is 7.11. The molecule has 0 spiro atoms. The minimum atomic E-state index is -3.51. The lowest BCUT2D eigenvalue weighted by Crippen LogP contribution is -2.42. The van der Waals surface area contributed by atoms with E-state index in [4.69, 9.17) is 0 Å². The Hall–Kier alpha value is -1.40. The van der Waals surface area contributed by atoms with Gasteiger partial charge in [-0.3, -0.25) is 4.79 Å². The summed E-state index contributed by atoms with van der Waals surface area (Å²) in [7, 11) is -3.51.